The molecule has 4 heterocycles. The van der Waals surface area contributed by atoms with Gasteiger partial charge in [0, 0.05) is 0 Å². The summed E-state index contributed by atoms with van der Waals surface area (Å²) in [5.41, 5.74) is 21.5. The van der Waals surface area contributed by atoms with Crippen LogP contribution in [0.4, 0.5) is 34.1 Å². The topological polar surface area (TPSA) is 6.48 Å². The maximum absolute atomic E-state index is 2.78. The van der Waals surface area contributed by atoms with Crippen LogP contribution in [0.25, 0.3) is 10.1 Å². The standard InChI is InChI=1S/C60H73BIN2S/c1-35(2)37-29-49-52-50(30-37)64(47-22-18-38(28-36(47)3)55(4,5)6)48-23-19-39(56(7,8)9)31-45(48)61(52)54-53(41-33-43-44(34-51(41)65-54)59(14,15)25-24-58(43,12)13)63(49)40-20-21-42-46(32-40)62-60(16,17)27-26-57(42,10)11/h18-23,28-35H,24-27H2,1-17H3/q-1. The molecule has 0 bridgehead atoms. The van der Waals surface area contributed by atoms with Gasteiger partial charge in [-0.3, -0.25) is 0 Å². The Morgan fingerprint density at radius 2 is 1.17 bits per heavy atom. The molecule has 5 heteroatoms. The summed E-state index contributed by atoms with van der Waals surface area (Å²) in [6.07, 6.45) is 4.94. The second kappa shape index (κ2) is 14.7. The number of alkyl halides is 1. The predicted molar refractivity (Wildman–Crippen MR) is 282 cm³/mol. The number of rotatable bonds is 3. The SMILES string of the molecule is Cc1cc(C(C)(C)C)ccc1N1c2ccc(C(C)(C)C)cc2B2c3sc4cc5c(cc4c3N(c3ccc4c(c3)[I-]C(C)(C)CCC4(C)C)c3cc(C(C)C)cc1c32)C(C)(C)CCC5(C)C. The van der Waals surface area contributed by atoms with Gasteiger partial charge in [-0.15, -0.1) is 0 Å². The minimum atomic E-state index is -0.230. The van der Waals surface area contributed by atoms with E-state index in [1.807, 2.05) is 0 Å². The number of hydrogen-bond donors (Lipinski definition) is 0. The summed E-state index contributed by atoms with van der Waals surface area (Å²) in [5, 5.41) is 1.42. The molecule has 0 amide bonds. The molecule has 0 spiro atoms. The molecule has 1 aliphatic carbocycles. The van der Waals surface area contributed by atoms with Crippen molar-refractivity contribution in [3.8, 4) is 0 Å². The molecule has 1 aromatic heterocycles. The van der Waals surface area contributed by atoms with Crippen molar-refractivity contribution in [3.05, 3.63) is 121 Å². The van der Waals surface area contributed by atoms with Gasteiger partial charge in [0.25, 0.3) is 0 Å². The fraction of sp³-hybridized carbons (Fsp3) is 0.467. The molecule has 0 atom stereocenters. The number of benzene rings is 5. The van der Waals surface area contributed by atoms with Crippen molar-refractivity contribution in [2.45, 2.75) is 180 Å². The van der Waals surface area contributed by atoms with Crippen LogP contribution in [0.2, 0.25) is 0 Å². The molecule has 0 saturated carbocycles. The van der Waals surface area contributed by atoms with Crippen LogP contribution in [-0.2, 0) is 27.1 Å². The van der Waals surface area contributed by atoms with Crippen LogP contribution < -0.4 is 46.7 Å². The molecule has 4 aliphatic rings. The third-order valence-electron chi connectivity index (χ3n) is 16.1. The summed E-state index contributed by atoms with van der Waals surface area (Å²) in [6.45, 7) is 41.4. The zero-order valence-corrected chi connectivity index (χ0v) is 45.6. The molecule has 0 N–H and O–H groups in total. The van der Waals surface area contributed by atoms with Gasteiger partial charge >= 0.3 is 384 Å². The van der Waals surface area contributed by atoms with Gasteiger partial charge in [-0.1, -0.05) is 20.8 Å². The second-order valence-corrected chi connectivity index (χ2v) is 31.0. The Morgan fingerprint density at radius 1 is 0.600 bits per heavy atom. The van der Waals surface area contributed by atoms with E-state index in [4.69, 9.17) is 0 Å². The fourth-order valence-electron chi connectivity index (χ4n) is 11.6. The van der Waals surface area contributed by atoms with Gasteiger partial charge in [-0.05, 0) is 5.41 Å². The molecule has 340 valence electrons. The second-order valence-electron chi connectivity index (χ2n) is 25.3. The first-order chi connectivity index (χ1) is 30.2. The predicted octanol–water partition coefficient (Wildman–Crippen LogP) is 12.5. The van der Waals surface area contributed by atoms with Gasteiger partial charge in [0.05, 0.1) is 0 Å². The van der Waals surface area contributed by atoms with Crippen molar-refractivity contribution >= 4 is 78.0 Å². The molecule has 3 aliphatic heterocycles. The first kappa shape index (κ1) is 45.2. The van der Waals surface area contributed by atoms with E-state index in [1.54, 1.807) is 20.3 Å². The van der Waals surface area contributed by atoms with Crippen molar-refractivity contribution < 1.29 is 21.2 Å². The van der Waals surface area contributed by atoms with E-state index in [-0.39, 0.29) is 55.0 Å². The maximum atomic E-state index is 2.78. The Kier molecular flexibility index (Phi) is 10.3. The molecule has 0 radical (unpaired) electrons. The van der Waals surface area contributed by atoms with Crippen LogP contribution in [0.1, 0.15) is 181 Å². The van der Waals surface area contributed by atoms with Gasteiger partial charge in [-0.2, -0.15) is 0 Å². The van der Waals surface area contributed by atoms with Gasteiger partial charge in [0.15, 0.2) is 0 Å². The van der Waals surface area contributed by atoms with Crippen molar-refractivity contribution in [2.75, 3.05) is 9.80 Å². The Hall–Kier alpha value is -3.55. The van der Waals surface area contributed by atoms with Crippen molar-refractivity contribution in [1.29, 1.82) is 0 Å². The molecule has 2 nitrogen and oxygen atoms in total. The quantitative estimate of drug-likeness (QED) is 0.0989. The third kappa shape index (κ3) is 7.28. The van der Waals surface area contributed by atoms with Crippen molar-refractivity contribution in [2.24, 2.45) is 0 Å². The molecule has 10 rings (SSSR count). The molecular formula is C60H73BIN2S-. The normalized spacial score (nSPS) is 19.2. The van der Waals surface area contributed by atoms with E-state index in [0.29, 0.717) is 9.34 Å². The van der Waals surface area contributed by atoms with Crippen LogP contribution in [0, 0.1) is 10.5 Å². The molecule has 65 heavy (non-hydrogen) atoms. The Morgan fingerprint density at radius 3 is 1.78 bits per heavy atom. The summed E-state index contributed by atoms with van der Waals surface area (Å²) in [7, 11) is 0. The summed E-state index contributed by atoms with van der Waals surface area (Å²) in [4.78, 5) is 5.45. The average molecular weight is 992 g/mol. The zero-order valence-electron chi connectivity index (χ0n) is 42.7. The zero-order chi connectivity index (χ0) is 46.7. The third-order valence-corrected chi connectivity index (χ3v) is 20.8. The van der Waals surface area contributed by atoms with Crippen molar-refractivity contribution in [3.63, 3.8) is 0 Å². The van der Waals surface area contributed by atoms with Gasteiger partial charge in [-0.25, -0.2) is 0 Å². The summed E-state index contributed by atoms with van der Waals surface area (Å²) in [5.74, 6) is 0.350. The van der Waals surface area contributed by atoms with Crippen LogP contribution in [-0.4, -0.2) is 10.1 Å². The summed E-state index contributed by atoms with van der Waals surface area (Å²) < 4.78 is 4.89. The van der Waals surface area contributed by atoms with Crippen molar-refractivity contribution in [1.82, 2.24) is 0 Å². The van der Waals surface area contributed by atoms with Gasteiger partial charge in [0.1, 0.15) is 0 Å². The van der Waals surface area contributed by atoms with Crippen LogP contribution in [0.15, 0.2) is 78.9 Å². The van der Waals surface area contributed by atoms with E-state index >= 15 is 0 Å². The van der Waals surface area contributed by atoms with E-state index in [2.05, 4.69) is 218 Å². The van der Waals surface area contributed by atoms with E-state index in [9.17, 15) is 0 Å². The summed E-state index contributed by atoms with van der Waals surface area (Å²) in [6, 6.07) is 33.0. The van der Waals surface area contributed by atoms with Crippen LogP contribution in [0.3, 0.4) is 0 Å². The van der Waals surface area contributed by atoms with E-state index in [0.717, 1.165) is 0 Å². The molecule has 0 fully saturated rings. The number of thiophene rings is 1. The number of halogens is 1. The number of hydrogen-bond acceptors (Lipinski definition) is 3. The van der Waals surface area contributed by atoms with Crippen LogP contribution in [0.5, 0.6) is 0 Å². The average Bonchev–Trinajstić information content (AvgIpc) is 3.54. The molecule has 0 unspecified atom stereocenters. The first-order valence-electron chi connectivity index (χ1n) is 24.6. The molecule has 5 aromatic carbocycles. The minimum absolute atomic E-state index is 0.00113. The molecule has 0 saturated heterocycles. The number of anilines is 6. The monoisotopic (exact) mass is 991 g/mol. The fourth-order valence-corrected chi connectivity index (χ4v) is 16.7. The number of fused-ring (bicyclic) bond motifs is 8. The van der Waals surface area contributed by atoms with Crippen LogP contribution >= 0.6 is 11.3 Å². The Balaban J connectivity index is 1.35. The Labute approximate surface area is 407 Å². The number of aryl methyl sites for hydroxylation is 1. The van der Waals surface area contributed by atoms with Gasteiger partial charge < -0.3 is 0 Å². The molecular weight excluding hydrogens is 918 g/mol. The summed E-state index contributed by atoms with van der Waals surface area (Å²) >= 11 is 1.85. The van der Waals surface area contributed by atoms with Gasteiger partial charge in [0.2, 0.25) is 0 Å². The Bertz CT molecular complexity index is 2950. The first-order valence-corrected chi connectivity index (χ1v) is 27.6. The number of nitrogens with zero attached hydrogens (tertiary/aromatic N) is 2. The van der Waals surface area contributed by atoms with E-state index < -0.39 is 0 Å². The molecule has 6 aromatic rings. The van der Waals surface area contributed by atoms with E-state index in [1.165, 1.54) is 108 Å².